The first-order valence-electron chi connectivity index (χ1n) is 5.90. The van der Waals surface area contributed by atoms with Crippen LogP contribution in [0.5, 0.6) is 0 Å². The van der Waals surface area contributed by atoms with Gasteiger partial charge in [-0.15, -0.1) is 0 Å². The van der Waals surface area contributed by atoms with Crippen molar-refractivity contribution in [3.05, 3.63) is 35.4 Å². The molecule has 1 fully saturated rings. The highest BCUT2D eigenvalue weighted by Crippen LogP contribution is 2.14. The summed E-state index contributed by atoms with van der Waals surface area (Å²) in [5, 5.41) is 12.5. The molecule has 0 bridgehead atoms. The van der Waals surface area contributed by atoms with E-state index in [-0.39, 0.29) is 0 Å². The maximum absolute atomic E-state index is 11.1. The Bertz CT molecular complexity index is 406. The highest BCUT2D eigenvalue weighted by Gasteiger charge is 2.20. The Balaban J connectivity index is 2.14. The molecule has 2 N–H and O–H groups in total. The molecule has 4 heteroatoms. The highest BCUT2D eigenvalue weighted by atomic mass is 16.4. The first-order valence-corrected chi connectivity index (χ1v) is 5.90. The van der Waals surface area contributed by atoms with Crippen LogP contribution in [0.4, 0.5) is 0 Å². The lowest BCUT2D eigenvalue weighted by Gasteiger charge is -2.33. The van der Waals surface area contributed by atoms with Crippen LogP contribution < -0.4 is 5.32 Å². The van der Waals surface area contributed by atoms with Crippen LogP contribution in [0.3, 0.4) is 0 Å². The molecule has 1 heterocycles. The Morgan fingerprint density at radius 1 is 1.53 bits per heavy atom. The van der Waals surface area contributed by atoms with Gasteiger partial charge < -0.3 is 15.3 Å². The molecule has 0 spiro atoms. The van der Waals surface area contributed by atoms with Gasteiger partial charge in [0.1, 0.15) is 0 Å². The molecule has 4 nitrogen and oxygen atoms in total. The van der Waals surface area contributed by atoms with Crippen molar-refractivity contribution >= 4 is 5.97 Å². The summed E-state index contributed by atoms with van der Waals surface area (Å²) in [6.07, 6.45) is 0.784. The summed E-state index contributed by atoms with van der Waals surface area (Å²) in [6, 6.07) is 7.64. The molecule has 1 aliphatic heterocycles. The summed E-state index contributed by atoms with van der Waals surface area (Å²) in [4.78, 5) is 13.4. The Morgan fingerprint density at radius 2 is 2.29 bits per heavy atom. The molecule has 0 radical (unpaired) electrons. The molecule has 0 saturated carbocycles. The summed E-state index contributed by atoms with van der Waals surface area (Å²) in [5.41, 5.74) is 1.34. The maximum Gasteiger partial charge on any atom is 0.335 e. The summed E-state index contributed by atoms with van der Waals surface area (Å²) < 4.78 is 0. The third kappa shape index (κ3) is 2.84. The summed E-state index contributed by atoms with van der Waals surface area (Å²) >= 11 is 0. The second-order valence-corrected chi connectivity index (χ2v) is 4.50. The van der Waals surface area contributed by atoms with Crippen LogP contribution in [0.1, 0.15) is 15.9 Å². The first-order chi connectivity index (χ1) is 8.18. The van der Waals surface area contributed by atoms with Crippen LogP contribution in [-0.2, 0) is 6.42 Å². The molecular weight excluding hydrogens is 216 g/mol. The number of benzene rings is 1. The number of hydrogen-bond acceptors (Lipinski definition) is 3. The molecule has 1 aliphatic rings. The van der Waals surface area contributed by atoms with Crippen molar-refractivity contribution in [3.8, 4) is 0 Å². The van der Waals surface area contributed by atoms with Crippen molar-refractivity contribution in [1.29, 1.82) is 0 Å². The predicted molar refractivity (Wildman–Crippen MR) is 66.4 cm³/mol. The minimum atomic E-state index is -0.841. The molecule has 0 aliphatic carbocycles. The van der Waals surface area contributed by atoms with E-state index in [4.69, 9.17) is 5.11 Å². The van der Waals surface area contributed by atoms with Crippen molar-refractivity contribution in [1.82, 2.24) is 10.2 Å². The molecule has 0 aromatic heterocycles. The van der Waals surface area contributed by atoms with Gasteiger partial charge >= 0.3 is 5.97 Å². The lowest BCUT2D eigenvalue weighted by molar-refractivity contribution is 0.0695. The summed E-state index contributed by atoms with van der Waals surface area (Å²) in [6.45, 7) is 2.94. The Morgan fingerprint density at radius 3 is 3.00 bits per heavy atom. The number of likely N-dealkylation sites (N-methyl/N-ethyl adjacent to an activating group) is 1. The van der Waals surface area contributed by atoms with E-state index in [1.807, 2.05) is 12.1 Å². The number of aromatic carboxylic acids is 1. The minimum Gasteiger partial charge on any atom is -0.478 e. The number of piperazine rings is 1. The van der Waals surface area contributed by atoms with Crippen LogP contribution in [0.2, 0.25) is 0 Å². The van der Waals surface area contributed by atoms with Gasteiger partial charge in [0.2, 0.25) is 0 Å². The van der Waals surface area contributed by atoms with Gasteiger partial charge in [-0.05, 0) is 25.1 Å². The van der Waals surface area contributed by atoms with Crippen molar-refractivity contribution in [2.24, 2.45) is 0 Å². The second kappa shape index (κ2) is 5.29. The lowest BCUT2D eigenvalue weighted by atomic mass is 9.98. The zero-order valence-electron chi connectivity index (χ0n) is 10.0. The number of nitrogens with one attached hydrogen (secondary N) is 1. The standard InChI is InChI=1S/C13H18N2O2/c1-15-7-6-14-9-11(15)8-10-4-2-3-5-12(10)13(16)17/h2-5,11,14H,6-9H2,1H3,(H,16,17). The van der Waals surface area contributed by atoms with Gasteiger partial charge in [0.15, 0.2) is 0 Å². The smallest absolute Gasteiger partial charge is 0.335 e. The van der Waals surface area contributed by atoms with Crippen molar-refractivity contribution in [3.63, 3.8) is 0 Å². The zero-order valence-corrected chi connectivity index (χ0v) is 10.0. The van der Waals surface area contributed by atoms with E-state index in [1.165, 1.54) is 0 Å². The normalized spacial score (nSPS) is 21.4. The van der Waals surface area contributed by atoms with Crippen LogP contribution >= 0.6 is 0 Å². The molecule has 1 saturated heterocycles. The van der Waals surface area contributed by atoms with Crippen LogP contribution in [0.15, 0.2) is 24.3 Å². The van der Waals surface area contributed by atoms with Crippen LogP contribution in [0, 0.1) is 0 Å². The number of carbonyl (C=O) groups is 1. The Hall–Kier alpha value is -1.39. The molecular formula is C13H18N2O2. The average molecular weight is 234 g/mol. The van der Waals surface area contributed by atoms with E-state index >= 15 is 0 Å². The molecule has 1 aromatic carbocycles. The van der Waals surface area contributed by atoms with Crippen LogP contribution in [0.25, 0.3) is 0 Å². The monoisotopic (exact) mass is 234 g/mol. The number of rotatable bonds is 3. The predicted octanol–water partition coefficient (Wildman–Crippen LogP) is 0.831. The van der Waals surface area contributed by atoms with E-state index < -0.39 is 5.97 Å². The Labute approximate surface area is 101 Å². The fourth-order valence-corrected chi connectivity index (χ4v) is 2.25. The van der Waals surface area contributed by atoms with E-state index in [0.717, 1.165) is 31.6 Å². The van der Waals surface area contributed by atoms with Crippen molar-refractivity contribution in [2.75, 3.05) is 26.7 Å². The third-order valence-electron chi connectivity index (χ3n) is 3.35. The number of hydrogen-bond donors (Lipinski definition) is 2. The molecule has 2 rings (SSSR count). The maximum atomic E-state index is 11.1. The fraction of sp³-hybridized carbons (Fsp3) is 0.462. The highest BCUT2D eigenvalue weighted by molar-refractivity contribution is 5.89. The molecule has 92 valence electrons. The van der Waals surface area contributed by atoms with Crippen LogP contribution in [-0.4, -0.2) is 48.7 Å². The molecule has 1 unspecified atom stereocenters. The largest absolute Gasteiger partial charge is 0.478 e. The van der Waals surface area contributed by atoms with E-state index in [9.17, 15) is 4.79 Å². The summed E-state index contributed by atoms with van der Waals surface area (Å²) in [7, 11) is 2.09. The topological polar surface area (TPSA) is 52.6 Å². The first kappa shape index (κ1) is 12.1. The van der Waals surface area contributed by atoms with E-state index in [1.54, 1.807) is 12.1 Å². The Kier molecular flexibility index (Phi) is 3.76. The third-order valence-corrected chi connectivity index (χ3v) is 3.35. The van der Waals surface area contributed by atoms with E-state index in [0.29, 0.717) is 11.6 Å². The SMILES string of the molecule is CN1CCNCC1Cc1ccccc1C(=O)O. The number of carboxylic acids is 1. The lowest BCUT2D eigenvalue weighted by Crippen LogP contribution is -2.50. The molecule has 17 heavy (non-hydrogen) atoms. The van der Waals surface area contributed by atoms with Gasteiger partial charge in [0, 0.05) is 25.7 Å². The molecule has 1 atom stereocenters. The minimum absolute atomic E-state index is 0.379. The van der Waals surface area contributed by atoms with Gasteiger partial charge in [-0.25, -0.2) is 4.79 Å². The number of nitrogens with zero attached hydrogens (tertiary/aromatic N) is 1. The summed E-state index contributed by atoms with van der Waals surface area (Å²) in [5.74, 6) is -0.841. The average Bonchev–Trinajstić information content (AvgIpc) is 2.32. The van der Waals surface area contributed by atoms with Gasteiger partial charge in [-0.3, -0.25) is 0 Å². The van der Waals surface area contributed by atoms with E-state index in [2.05, 4.69) is 17.3 Å². The van der Waals surface area contributed by atoms with Gasteiger partial charge in [-0.2, -0.15) is 0 Å². The van der Waals surface area contributed by atoms with Crippen molar-refractivity contribution < 1.29 is 9.90 Å². The second-order valence-electron chi connectivity index (χ2n) is 4.50. The molecule has 1 aromatic rings. The zero-order chi connectivity index (χ0) is 12.3. The number of carboxylic acid groups (broad SMARTS) is 1. The van der Waals surface area contributed by atoms with Gasteiger partial charge in [-0.1, -0.05) is 18.2 Å². The van der Waals surface area contributed by atoms with Crippen molar-refractivity contribution in [2.45, 2.75) is 12.5 Å². The quantitative estimate of drug-likeness (QED) is 0.813. The van der Waals surface area contributed by atoms with Gasteiger partial charge in [0.25, 0.3) is 0 Å². The fourth-order valence-electron chi connectivity index (χ4n) is 2.25. The van der Waals surface area contributed by atoms with Gasteiger partial charge in [0.05, 0.1) is 5.56 Å². The molecule has 0 amide bonds.